The van der Waals surface area contributed by atoms with Gasteiger partial charge in [0.2, 0.25) is 0 Å². The summed E-state index contributed by atoms with van der Waals surface area (Å²) in [7, 11) is 0. The van der Waals surface area contributed by atoms with Gasteiger partial charge in [-0.2, -0.15) is 0 Å². The maximum absolute atomic E-state index is 5.71. The van der Waals surface area contributed by atoms with Gasteiger partial charge in [0.25, 0.3) is 0 Å². The fourth-order valence-corrected chi connectivity index (χ4v) is 1.31. The normalized spacial score (nSPS) is 8.36. The van der Waals surface area contributed by atoms with Crippen molar-refractivity contribution in [3.63, 3.8) is 0 Å². The molecule has 0 aromatic heterocycles. The van der Waals surface area contributed by atoms with Crippen LogP contribution in [0, 0.1) is 0 Å². The Kier molecular flexibility index (Phi) is 6.48. The molecule has 0 bridgehead atoms. The molecule has 0 spiro atoms. The van der Waals surface area contributed by atoms with E-state index in [1.807, 2.05) is 44.4 Å². The lowest BCUT2D eigenvalue weighted by Crippen LogP contribution is -1.66. The SMILES string of the molecule is CC.CSc1cccc(Cl)c1. The molecule has 0 aliphatic carbocycles. The van der Waals surface area contributed by atoms with Crippen LogP contribution >= 0.6 is 23.4 Å². The summed E-state index contributed by atoms with van der Waals surface area (Å²) in [6, 6.07) is 7.82. The zero-order chi connectivity index (χ0) is 8.69. The molecule has 0 saturated carbocycles. The van der Waals surface area contributed by atoms with E-state index in [1.165, 1.54) is 4.90 Å². The summed E-state index contributed by atoms with van der Waals surface area (Å²) in [5.41, 5.74) is 0. The van der Waals surface area contributed by atoms with Gasteiger partial charge in [-0.1, -0.05) is 31.5 Å². The highest BCUT2D eigenvalue weighted by molar-refractivity contribution is 7.98. The van der Waals surface area contributed by atoms with Gasteiger partial charge >= 0.3 is 0 Å². The average Bonchev–Trinajstić information content (AvgIpc) is 2.08. The van der Waals surface area contributed by atoms with E-state index in [0.717, 1.165) is 5.02 Å². The molecule has 0 nitrogen and oxygen atoms in total. The molecule has 1 aromatic carbocycles. The Hall–Kier alpha value is -0.140. The van der Waals surface area contributed by atoms with Crippen LogP contribution in [0.1, 0.15) is 13.8 Å². The third kappa shape index (κ3) is 4.33. The first-order valence-electron chi connectivity index (χ1n) is 3.62. The van der Waals surface area contributed by atoms with Crippen molar-refractivity contribution in [3.05, 3.63) is 29.3 Å². The molecule has 0 N–H and O–H groups in total. The zero-order valence-corrected chi connectivity index (χ0v) is 8.67. The topological polar surface area (TPSA) is 0 Å². The first-order chi connectivity index (χ1) is 5.33. The van der Waals surface area contributed by atoms with E-state index in [1.54, 1.807) is 11.8 Å². The Morgan fingerprint density at radius 1 is 1.27 bits per heavy atom. The van der Waals surface area contributed by atoms with Gasteiger partial charge in [-0.3, -0.25) is 0 Å². The first-order valence-corrected chi connectivity index (χ1v) is 5.23. The molecular formula is C9H13ClS. The van der Waals surface area contributed by atoms with Gasteiger partial charge in [-0.05, 0) is 24.5 Å². The van der Waals surface area contributed by atoms with Gasteiger partial charge in [0.05, 0.1) is 0 Å². The second kappa shape index (κ2) is 6.56. The van der Waals surface area contributed by atoms with Crippen molar-refractivity contribution >= 4 is 23.4 Å². The molecular weight excluding hydrogens is 176 g/mol. The number of thioether (sulfide) groups is 1. The molecule has 0 atom stereocenters. The monoisotopic (exact) mass is 188 g/mol. The lowest BCUT2D eigenvalue weighted by atomic mass is 10.4. The maximum atomic E-state index is 5.71. The van der Waals surface area contributed by atoms with Crippen LogP contribution in [0.5, 0.6) is 0 Å². The Morgan fingerprint density at radius 3 is 2.27 bits per heavy atom. The molecule has 0 amide bonds. The minimum Gasteiger partial charge on any atom is -0.130 e. The van der Waals surface area contributed by atoms with Crippen LogP contribution < -0.4 is 0 Å². The second-order valence-electron chi connectivity index (χ2n) is 1.66. The highest BCUT2D eigenvalue weighted by Crippen LogP contribution is 2.18. The van der Waals surface area contributed by atoms with E-state index in [9.17, 15) is 0 Å². The lowest BCUT2D eigenvalue weighted by Gasteiger charge is -1.93. The van der Waals surface area contributed by atoms with E-state index < -0.39 is 0 Å². The van der Waals surface area contributed by atoms with E-state index in [-0.39, 0.29) is 0 Å². The van der Waals surface area contributed by atoms with Gasteiger partial charge in [-0.15, -0.1) is 11.8 Å². The molecule has 0 aliphatic rings. The quantitative estimate of drug-likeness (QED) is 0.599. The van der Waals surface area contributed by atoms with Crippen molar-refractivity contribution in [1.82, 2.24) is 0 Å². The number of rotatable bonds is 1. The van der Waals surface area contributed by atoms with E-state index in [0.29, 0.717) is 0 Å². The summed E-state index contributed by atoms with van der Waals surface area (Å²) >= 11 is 7.41. The average molecular weight is 189 g/mol. The molecule has 0 heterocycles. The lowest BCUT2D eigenvalue weighted by molar-refractivity contribution is 1.47. The van der Waals surface area contributed by atoms with E-state index in [2.05, 4.69) is 0 Å². The van der Waals surface area contributed by atoms with E-state index in [4.69, 9.17) is 11.6 Å². The molecule has 62 valence electrons. The van der Waals surface area contributed by atoms with Crippen molar-refractivity contribution in [2.75, 3.05) is 6.26 Å². The van der Waals surface area contributed by atoms with Gasteiger partial charge < -0.3 is 0 Å². The summed E-state index contributed by atoms with van der Waals surface area (Å²) in [6.45, 7) is 4.00. The Labute approximate surface area is 78.0 Å². The van der Waals surface area contributed by atoms with Crippen molar-refractivity contribution in [3.8, 4) is 0 Å². The minimum atomic E-state index is 0.807. The molecule has 0 aliphatic heterocycles. The molecule has 0 saturated heterocycles. The predicted octanol–water partition coefficient (Wildman–Crippen LogP) is 4.09. The highest BCUT2D eigenvalue weighted by atomic mass is 35.5. The fraction of sp³-hybridized carbons (Fsp3) is 0.333. The maximum Gasteiger partial charge on any atom is 0.0417 e. The third-order valence-corrected chi connectivity index (χ3v) is 1.99. The number of hydrogen-bond acceptors (Lipinski definition) is 1. The Bertz CT molecular complexity index is 199. The van der Waals surface area contributed by atoms with Crippen LogP contribution in [0.2, 0.25) is 5.02 Å². The van der Waals surface area contributed by atoms with Crippen LogP contribution in [0.25, 0.3) is 0 Å². The van der Waals surface area contributed by atoms with Crippen LogP contribution in [-0.2, 0) is 0 Å². The van der Waals surface area contributed by atoms with Gasteiger partial charge in [0.15, 0.2) is 0 Å². The van der Waals surface area contributed by atoms with Crippen LogP contribution in [0.3, 0.4) is 0 Å². The Balaban J connectivity index is 0.000000461. The molecule has 11 heavy (non-hydrogen) atoms. The summed E-state index contributed by atoms with van der Waals surface area (Å²) in [5.74, 6) is 0. The summed E-state index contributed by atoms with van der Waals surface area (Å²) in [5, 5.41) is 0.807. The summed E-state index contributed by atoms with van der Waals surface area (Å²) in [4.78, 5) is 1.21. The fourth-order valence-electron chi connectivity index (χ4n) is 0.594. The van der Waals surface area contributed by atoms with Crippen molar-refractivity contribution in [2.45, 2.75) is 18.7 Å². The van der Waals surface area contributed by atoms with Gasteiger partial charge in [-0.25, -0.2) is 0 Å². The van der Waals surface area contributed by atoms with Gasteiger partial charge in [0, 0.05) is 9.92 Å². The number of halogens is 1. The number of benzene rings is 1. The second-order valence-corrected chi connectivity index (χ2v) is 2.98. The minimum absolute atomic E-state index is 0.807. The molecule has 0 radical (unpaired) electrons. The van der Waals surface area contributed by atoms with Crippen molar-refractivity contribution < 1.29 is 0 Å². The largest absolute Gasteiger partial charge is 0.130 e. The predicted molar refractivity (Wildman–Crippen MR) is 54.6 cm³/mol. The summed E-state index contributed by atoms with van der Waals surface area (Å²) in [6.07, 6.45) is 2.03. The first kappa shape index (κ1) is 10.9. The summed E-state index contributed by atoms with van der Waals surface area (Å²) < 4.78 is 0. The Morgan fingerprint density at radius 2 is 1.91 bits per heavy atom. The smallest absolute Gasteiger partial charge is 0.0417 e. The van der Waals surface area contributed by atoms with Gasteiger partial charge in [0.1, 0.15) is 0 Å². The number of hydrogen-bond donors (Lipinski definition) is 0. The highest BCUT2D eigenvalue weighted by Gasteiger charge is 1.88. The molecule has 0 fully saturated rings. The van der Waals surface area contributed by atoms with Crippen molar-refractivity contribution in [2.24, 2.45) is 0 Å². The van der Waals surface area contributed by atoms with Crippen LogP contribution in [0.4, 0.5) is 0 Å². The van der Waals surface area contributed by atoms with Crippen LogP contribution in [0.15, 0.2) is 29.2 Å². The molecule has 1 aromatic rings. The molecule has 2 heteroatoms. The molecule has 1 rings (SSSR count). The van der Waals surface area contributed by atoms with E-state index >= 15 is 0 Å². The zero-order valence-electron chi connectivity index (χ0n) is 7.10. The van der Waals surface area contributed by atoms with Crippen LogP contribution in [-0.4, -0.2) is 6.26 Å². The third-order valence-electron chi connectivity index (χ3n) is 1.03. The standard InChI is InChI=1S/C7H7ClS.C2H6/c1-9-7-4-2-3-6(8)5-7;1-2/h2-5H,1H3;1-2H3. The molecule has 0 unspecified atom stereocenters. The van der Waals surface area contributed by atoms with Crippen molar-refractivity contribution in [1.29, 1.82) is 0 Å².